The molecule has 0 N–H and O–H groups in total. The van der Waals surface area contributed by atoms with Crippen LogP contribution in [0.25, 0.3) is 0 Å². The summed E-state index contributed by atoms with van der Waals surface area (Å²) in [5.41, 5.74) is 0.384. The Kier molecular flexibility index (Phi) is 21.0. The second-order valence-electron chi connectivity index (χ2n) is 10.1. The molecule has 2 aliphatic rings. The van der Waals surface area contributed by atoms with E-state index in [4.69, 9.17) is 0 Å². The maximum absolute atomic E-state index is 11.7. The van der Waals surface area contributed by atoms with Crippen molar-refractivity contribution in [1.29, 1.82) is 0 Å². The molecule has 0 heterocycles. The third-order valence-electron chi connectivity index (χ3n) is 5.87. The van der Waals surface area contributed by atoms with Crippen molar-refractivity contribution in [3.05, 3.63) is 0 Å². The number of carbonyl (C=O) groups excluding carboxylic acids is 6. The molecule has 210 valence electrons. The molecular formula is C27H47NaO9. The summed E-state index contributed by atoms with van der Waals surface area (Å²) in [6.07, 6.45) is 5.41. The summed E-state index contributed by atoms with van der Waals surface area (Å²) in [7, 11) is 0. The Morgan fingerprint density at radius 1 is 0.730 bits per heavy atom. The summed E-state index contributed by atoms with van der Waals surface area (Å²) in [5.74, 6) is -3.87. The fraction of sp³-hybridized carbons (Fsp3) is 0.778. The Labute approximate surface area is 245 Å². The van der Waals surface area contributed by atoms with Gasteiger partial charge in [0.25, 0.3) is 0 Å². The normalized spacial score (nSPS) is 19.1. The van der Waals surface area contributed by atoms with E-state index < -0.39 is 29.6 Å². The van der Waals surface area contributed by atoms with E-state index in [-0.39, 0.29) is 69.4 Å². The Bertz CT molecular complexity index is 751. The Balaban J connectivity index is -0.000000231. The molecule has 0 aromatic carbocycles. The zero-order valence-electron chi connectivity index (χ0n) is 24.3. The van der Waals surface area contributed by atoms with E-state index in [1.165, 1.54) is 0 Å². The van der Waals surface area contributed by atoms with Gasteiger partial charge in [-0.2, -0.15) is 0 Å². The van der Waals surface area contributed by atoms with Gasteiger partial charge in [0.2, 0.25) is 5.78 Å². The predicted octanol–water partition coefficient (Wildman–Crippen LogP) is 1.53. The second-order valence-corrected chi connectivity index (χ2v) is 10.1. The van der Waals surface area contributed by atoms with Gasteiger partial charge in [-0.1, -0.05) is 35.1 Å². The van der Waals surface area contributed by atoms with Crippen LogP contribution in [0.15, 0.2) is 0 Å². The second kappa shape index (κ2) is 19.5. The van der Waals surface area contributed by atoms with Gasteiger partial charge in [-0.3, -0.25) is 14.4 Å². The number of ketones is 3. The van der Waals surface area contributed by atoms with Gasteiger partial charge >= 0.3 is 47.5 Å². The molecule has 10 heteroatoms. The van der Waals surface area contributed by atoms with Crippen molar-refractivity contribution in [1.82, 2.24) is 0 Å². The number of hydrogen-bond donors (Lipinski definition) is 0. The molecule has 0 aromatic heterocycles. The van der Waals surface area contributed by atoms with Crippen LogP contribution in [-0.2, 0) is 43.0 Å². The van der Waals surface area contributed by atoms with Crippen LogP contribution in [0, 0.1) is 16.7 Å². The van der Waals surface area contributed by atoms with Crippen molar-refractivity contribution < 1.29 is 74.0 Å². The zero-order chi connectivity index (χ0) is 27.2. The summed E-state index contributed by atoms with van der Waals surface area (Å²) >= 11 is 0. The summed E-state index contributed by atoms with van der Waals surface area (Å²) < 4.78 is 13.3. The summed E-state index contributed by atoms with van der Waals surface area (Å²) in [6.45, 7) is 13.9. The smallest absolute Gasteiger partial charge is 1.00 e. The molecule has 0 aliphatic heterocycles. The molecule has 0 amide bonds. The van der Waals surface area contributed by atoms with E-state index >= 15 is 0 Å². The SMILES string of the molecule is C.CC1(C)CCC(=O)CC1.CCOC(=O)C(=O)C1CC(C)(C)CCC1=O.CCOC(=O)C(=O)OCC.[H-].[Na+]. The summed E-state index contributed by atoms with van der Waals surface area (Å²) in [5, 5.41) is 0. The monoisotopic (exact) mass is 538 g/mol. The average Bonchev–Trinajstić information content (AvgIpc) is 2.78. The van der Waals surface area contributed by atoms with Gasteiger partial charge in [0, 0.05) is 19.3 Å². The van der Waals surface area contributed by atoms with E-state index in [2.05, 4.69) is 28.1 Å². The number of esters is 3. The molecule has 0 spiro atoms. The van der Waals surface area contributed by atoms with Gasteiger partial charge in [0.1, 0.15) is 11.6 Å². The minimum absolute atomic E-state index is 0. The van der Waals surface area contributed by atoms with Gasteiger partial charge in [-0.25, -0.2) is 14.4 Å². The molecule has 2 aliphatic carbocycles. The fourth-order valence-corrected chi connectivity index (χ4v) is 3.57. The molecule has 0 bridgehead atoms. The maximum Gasteiger partial charge on any atom is 1.00 e. The molecule has 1 atom stereocenters. The number of Topliss-reactive ketones (excluding diaryl/α,β-unsaturated/α-hetero) is 3. The van der Waals surface area contributed by atoms with Crippen molar-refractivity contribution in [2.75, 3.05) is 19.8 Å². The molecule has 9 nitrogen and oxygen atoms in total. The van der Waals surface area contributed by atoms with Gasteiger partial charge in [-0.05, 0) is 57.3 Å². The van der Waals surface area contributed by atoms with Crippen molar-refractivity contribution in [3.8, 4) is 0 Å². The fourth-order valence-electron chi connectivity index (χ4n) is 3.57. The van der Waals surface area contributed by atoms with E-state index in [0.717, 1.165) is 32.1 Å². The van der Waals surface area contributed by atoms with Crippen LogP contribution >= 0.6 is 0 Å². The quantitative estimate of drug-likeness (QED) is 0.168. The molecular weight excluding hydrogens is 491 g/mol. The summed E-state index contributed by atoms with van der Waals surface area (Å²) in [6, 6.07) is 0. The molecule has 0 radical (unpaired) electrons. The van der Waals surface area contributed by atoms with Crippen molar-refractivity contribution >= 4 is 35.3 Å². The van der Waals surface area contributed by atoms with Crippen LogP contribution in [0.4, 0.5) is 0 Å². The van der Waals surface area contributed by atoms with Crippen LogP contribution < -0.4 is 29.6 Å². The third kappa shape index (κ3) is 16.8. The van der Waals surface area contributed by atoms with Gasteiger partial charge in [0.15, 0.2) is 0 Å². The van der Waals surface area contributed by atoms with Crippen molar-refractivity contribution in [2.45, 2.75) is 101 Å². The molecule has 0 saturated heterocycles. The van der Waals surface area contributed by atoms with Crippen LogP contribution in [0.5, 0.6) is 0 Å². The number of ether oxygens (including phenoxy) is 3. The largest absolute Gasteiger partial charge is 1.00 e. The third-order valence-corrected chi connectivity index (χ3v) is 5.87. The number of hydrogen-bond acceptors (Lipinski definition) is 9. The number of rotatable bonds is 5. The van der Waals surface area contributed by atoms with Gasteiger partial charge in [-0.15, -0.1) is 0 Å². The molecule has 37 heavy (non-hydrogen) atoms. The molecule has 0 aromatic rings. The van der Waals surface area contributed by atoms with Gasteiger partial charge in [0.05, 0.1) is 25.7 Å². The van der Waals surface area contributed by atoms with Crippen LogP contribution in [-0.4, -0.2) is 55.1 Å². The first-order valence-electron chi connectivity index (χ1n) is 12.3. The predicted molar refractivity (Wildman–Crippen MR) is 136 cm³/mol. The van der Waals surface area contributed by atoms with E-state index in [1.807, 2.05) is 13.8 Å². The zero-order valence-corrected chi connectivity index (χ0v) is 25.3. The van der Waals surface area contributed by atoms with Crippen molar-refractivity contribution in [2.24, 2.45) is 16.7 Å². The van der Waals surface area contributed by atoms with Crippen LogP contribution in [0.1, 0.15) is 102 Å². The van der Waals surface area contributed by atoms with Crippen molar-refractivity contribution in [3.63, 3.8) is 0 Å². The average molecular weight is 539 g/mol. The molecule has 2 saturated carbocycles. The van der Waals surface area contributed by atoms with Crippen LogP contribution in [0.3, 0.4) is 0 Å². The molecule has 2 rings (SSSR count). The standard InChI is InChI=1S/C12H18O4.C8H14O.C6H10O4.CH4.Na.H/c1-4-16-11(15)10(14)8-7-12(2,3)6-5-9(8)13;1-8(2)5-3-7(9)4-6-8;1-3-9-5(7)6(8)10-4-2;;;/h8H,4-7H2,1-3H3;3-6H2,1-2H3;3-4H2,1-2H3;1H4;;/q;;;;+1;-1. The Morgan fingerprint density at radius 2 is 1.11 bits per heavy atom. The minimum atomic E-state index is -0.927. The molecule has 2 fully saturated rings. The van der Waals surface area contributed by atoms with Crippen LogP contribution in [0.2, 0.25) is 0 Å². The van der Waals surface area contributed by atoms with E-state index in [0.29, 0.717) is 24.0 Å². The maximum atomic E-state index is 11.7. The molecule has 1 unspecified atom stereocenters. The van der Waals surface area contributed by atoms with Gasteiger partial charge < -0.3 is 15.6 Å². The number of carbonyl (C=O) groups is 6. The van der Waals surface area contributed by atoms with E-state index in [1.54, 1.807) is 20.8 Å². The minimum Gasteiger partial charge on any atom is -1.00 e. The van der Waals surface area contributed by atoms with E-state index in [9.17, 15) is 28.8 Å². The first kappa shape index (κ1) is 39.9. The first-order chi connectivity index (χ1) is 16.2. The summed E-state index contributed by atoms with van der Waals surface area (Å²) in [4.78, 5) is 66.2. The Morgan fingerprint density at radius 3 is 1.49 bits per heavy atom. The topological polar surface area (TPSA) is 130 Å². The first-order valence-corrected chi connectivity index (χ1v) is 12.3. The Hall–Kier alpha value is -1.58.